The molecule has 226 valence electrons. The number of nitrogens with one attached hydrogen (secondary N) is 1. The van der Waals surface area contributed by atoms with Gasteiger partial charge in [0.15, 0.2) is 0 Å². The van der Waals surface area contributed by atoms with Crippen molar-refractivity contribution in [3.05, 3.63) is 82.9 Å². The van der Waals surface area contributed by atoms with E-state index < -0.39 is 18.1 Å². The Balaban J connectivity index is 1.20. The molecule has 43 heavy (non-hydrogen) atoms. The summed E-state index contributed by atoms with van der Waals surface area (Å²) < 4.78 is 11.4. The number of carbonyl (C=O) groups is 3. The molecule has 0 bridgehead atoms. The number of amides is 2. The van der Waals surface area contributed by atoms with Gasteiger partial charge in [-0.25, -0.2) is 4.79 Å². The van der Waals surface area contributed by atoms with Crippen molar-refractivity contribution in [1.82, 2.24) is 5.32 Å². The number of nitrogens with zero attached hydrogens (tertiary/aromatic N) is 1. The van der Waals surface area contributed by atoms with Crippen molar-refractivity contribution in [3.63, 3.8) is 0 Å². The van der Waals surface area contributed by atoms with E-state index in [1.165, 1.54) is 5.56 Å². The summed E-state index contributed by atoms with van der Waals surface area (Å²) in [5, 5.41) is 11.9. The molecule has 1 heterocycles. The Kier molecular flexibility index (Phi) is 9.65. The number of aliphatic carboxylic acids is 1. The summed E-state index contributed by atoms with van der Waals surface area (Å²) in [5.41, 5.74) is 7.31. The molecule has 1 aliphatic heterocycles. The van der Waals surface area contributed by atoms with Crippen molar-refractivity contribution in [3.8, 4) is 16.9 Å². The summed E-state index contributed by atoms with van der Waals surface area (Å²) in [4.78, 5) is 38.8. The van der Waals surface area contributed by atoms with Gasteiger partial charge in [0, 0.05) is 24.7 Å². The van der Waals surface area contributed by atoms with Crippen molar-refractivity contribution >= 4 is 23.7 Å². The summed E-state index contributed by atoms with van der Waals surface area (Å²) in [6.45, 7) is 5.37. The lowest BCUT2D eigenvalue weighted by molar-refractivity contribution is -0.137. The van der Waals surface area contributed by atoms with Gasteiger partial charge in [-0.05, 0) is 103 Å². The molecule has 2 aliphatic rings. The van der Waals surface area contributed by atoms with E-state index in [1.54, 1.807) is 0 Å². The Morgan fingerprint density at radius 2 is 1.84 bits per heavy atom. The predicted octanol–water partition coefficient (Wildman–Crippen LogP) is 6.59. The van der Waals surface area contributed by atoms with Crippen LogP contribution in [0.4, 0.5) is 10.5 Å². The van der Waals surface area contributed by atoms with Crippen molar-refractivity contribution in [2.24, 2.45) is 5.92 Å². The maximum Gasteiger partial charge on any atom is 0.407 e. The summed E-state index contributed by atoms with van der Waals surface area (Å²) in [6.07, 6.45) is 3.96. The highest BCUT2D eigenvalue weighted by Gasteiger charge is 2.34. The number of ether oxygens (including phenoxy) is 2. The Labute approximate surface area is 253 Å². The fourth-order valence-corrected chi connectivity index (χ4v) is 5.77. The van der Waals surface area contributed by atoms with Gasteiger partial charge >= 0.3 is 12.1 Å². The fourth-order valence-electron chi connectivity index (χ4n) is 5.77. The van der Waals surface area contributed by atoms with Crippen LogP contribution in [0.25, 0.3) is 11.1 Å². The van der Waals surface area contributed by atoms with Crippen LogP contribution < -0.4 is 15.0 Å². The Morgan fingerprint density at radius 3 is 2.63 bits per heavy atom. The van der Waals surface area contributed by atoms with Gasteiger partial charge < -0.3 is 24.8 Å². The second-order valence-corrected chi connectivity index (χ2v) is 11.6. The Hall–Kier alpha value is -4.33. The molecule has 0 aromatic heterocycles. The number of alkyl carbamates (subject to hydrolysis) is 1. The summed E-state index contributed by atoms with van der Waals surface area (Å²) >= 11 is 0. The lowest BCUT2D eigenvalue weighted by Crippen LogP contribution is -2.38. The number of rotatable bonds is 12. The summed E-state index contributed by atoms with van der Waals surface area (Å²) in [7, 11) is 0. The molecule has 0 radical (unpaired) electrons. The second kappa shape index (κ2) is 13.8. The predicted molar refractivity (Wildman–Crippen MR) is 165 cm³/mol. The number of aryl methyl sites for hydroxylation is 1. The largest absolute Gasteiger partial charge is 0.493 e. The van der Waals surface area contributed by atoms with Crippen molar-refractivity contribution < 1.29 is 29.0 Å². The monoisotopic (exact) mass is 584 g/mol. The minimum Gasteiger partial charge on any atom is -0.493 e. The van der Waals surface area contributed by atoms with E-state index in [4.69, 9.17) is 14.6 Å². The van der Waals surface area contributed by atoms with Crippen LogP contribution >= 0.6 is 0 Å². The molecule has 2 amide bonds. The van der Waals surface area contributed by atoms with Crippen LogP contribution in [0.3, 0.4) is 0 Å². The zero-order valence-corrected chi connectivity index (χ0v) is 24.9. The molecule has 0 spiro atoms. The van der Waals surface area contributed by atoms with E-state index in [1.807, 2.05) is 60.4 Å². The van der Waals surface area contributed by atoms with Crippen LogP contribution in [0.1, 0.15) is 60.8 Å². The van der Waals surface area contributed by atoms with Crippen molar-refractivity contribution in [1.29, 1.82) is 0 Å². The molecule has 1 unspecified atom stereocenters. The van der Waals surface area contributed by atoms with Gasteiger partial charge in [0.2, 0.25) is 5.91 Å². The zero-order chi connectivity index (χ0) is 30.3. The molecule has 2 N–H and O–H groups in total. The van der Waals surface area contributed by atoms with Crippen molar-refractivity contribution in [2.75, 3.05) is 18.1 Å². The van der Waals surface area contributed by atoms with Crippen LogP contribution in [0.15, 0.2) is 60.7 Å². The summed E-state index contributed by atoms with van der Waals surface area (Å²) in [5.74, 6) is 0.245. The van der Waals surface area contributed by atoms with Gasteiger partial charge in [0.25, 0.3) is 0 Å². The molecule has 8 nitrogen and oxygen atoms in total. The number of fused-ring (bicyclic) bond motifs is 1. The molecule has 1 saturated carbocycles. The third-order valence-corrected chi connectivity index (χ3v) is 8.40. The van der Waals surface area contributed by atoms with Gasteiger partial charge in [-0.2, -0.15) is 0 Å². The minimum absolute atomic E-state index is 0.0773. The summed E-state index contributed by atoms with van der Waals surface area (Å²) in [6, 6.07) is 19.6. The van der Waals surface area contributed by atoms with Crippen LogP contribution in [-0.2, 0) is 27.4 Å². The first-order chi connectivity index (χ1) is 20.8. The lowest BCUT2D eigenvalue weighted by Gasteiger charge is -2.31. The van der Waals surface area contributed by atoms with Gasteiger partial charge in [0.1, 0.15) is 12.4 Å². The number of hydrogen-bond donors (Lipinski definition) is 2. The van der Waals surface area contributed by atoms with Gasteiger partial charge in [-0.1, -0.05) is 42.5 Å². The van der Waals surface area contributed by atoms with Crippen LogP contribution in [0, 0.1) is 19.8 Å². The van der Waals surface area contributed by atoms with E-state index in [9.17, 15) is 14.4 Å². The zero-order valence-electron chi connectivity index (χ0n) is 24.9. The number of carbonyl (C=O) groups excluding carboxylic acids is 2. The molecule has 5 rings (SSSR count). The smallest absolute Gasteiger partial charge is 0.407 e. The molecule has 1 aliphatic carbocycles. The molecule has 3 aromatic carbocycles. The maximum atomic E-state index is 13.3. The first-order valence-electron chi connectivity index (χ1n) is 15.2. The van der Waals surface area contributed by atoms with Crippen LogP contribution in [0.5, 0.6) is 5.75 Å². The maximum absolute atomic E-state index is 13.3. The van der Waals surface area contributed by atoms with Crippen LogP contribution in [-0.4, -0.2) is 42.3 Å². The minimum atomic E-state index is -0.932. The van der Waals surface area contributed by atoms with Gasteiger partial charge in [-0.3, -0.25) is 9.59 Å². The van der Waals surface area contributed by atoms with Gasteiger partial charge in [0.05, 0.1) is 13.0 Å². The highest BCUT2D eigenvalue weighted by atomic mass is 16.5. The fraction of sp³-hybridized carbons (Fsp3) is 0.400. The Bertz CT molecular complexity index is 1480. The SMILES string of the molecule is Cc1cccc(OCCCC(=O)N2CCCc3c(-c4cccc(COC(=O)NC(CC(=O)O)C5CC5)c4)cccc32)c1C. The van der Waals surface area contributed by atoms with E-state index in [0.29, 0.717) is 26.0 Å². The van der Waals surface area contributed by atoms with Crippen LogP contribution in [0.2, 0.25) is 0 Å². The average Bonchev–Trinajstić information content (AvgIpc) is 3.85. The quantitative estimate of drug-likeness (QED) is 0.233. The number of carboxylic acids is 1. The normalized spacial score (nSPS) is 14.9. The van der Waals surface area contributed by atoms with E-state index >= 15 is 0 Å². The Morgan fingerprint density at radius 1 is 1.05 bits per heavy atom. The highest BCUT2D eigenvalue weighted by molar-refractivity contribution is 5.96. The lowest BCUT2D eigenvalue weighted by atomic mass is 9.91. The third-order valence-electron chi connectivity index (χ3n) is 8.40. The number of benzene rings is 3. The van der Waals surface area contributed by atoms with E-state index in [0.717, 1.165) is 64.9 Å². The number of carboxylic acid groups (broad SMARTS) is 1. The topological polar surface area (TPSA) is 105 Å². The standard InChI is InChI=1S/C35H40N2O6/c1-23-8-3-14-32(24(23)2)42-19-7-15-33(38)37-18-6-12-29-28(11-5-13-31(29)37)27-10-4-9-25(20-27)22-43-35(41)36-30(21-34(39)40)26-16-17-26/h3-5,8-11,13-14,20,26,30H,6-7,12,15-19,21-22H2,1-2H3,(H,36,41)(H,39,40). The van der Waals surface area contributed by atoms with Crippen molar-refractivity contribution in [2.45, 2.75) is 71.4 Å². The molecular weight excluding hydrogens is 544 g/mol. The van der Waals surface area contributed by atoms with E-state index in [2.05, 4.69) is 24.4 Å². The number of anilines is 1. The molecule has 1 atom stereocenters. The molecule has 0 saturated heterocycles. The average molecular weight is 585 g/mol. The van der Waals surface area contributed by atoms with Gasteiger partial charge in [-0.15, -0.1) is 0 Å². The second-order valence-electron chi connectivity index (χ2n) is 11.6. The first kappa shape index (κ1) is 30.1. The number of hydrogen-bond acceptors (Lipinski definition) is 5. The molecule has 3 aromatic rings. The molecule has 1 fully saturated rings. The highest BCUT2D eigenvalue weighted by Crippen LogP contribution is 2.36. The molecule has 8 heteroatoms. The molecular formula is C35H40N2O6. The third kappa shape index (κ3) is 7.74. The first-order valence-corrected chi connectivity index (χ1v) is 15.2. The van der Waals surface area contributed by atoms with E-state index in [-0.39, 0.29) is 24.9 Å².